The Morgan fingerprint density at radius 1 is 1.63 bits per heavy atom. The van der Waals surface area contributed by atoms with Gasteiger partial charge in [-0.3, -0.25) is 9.69 Å². The summed E-state index contributed by atoms with van der Waals surface area (Å²) in [5.41, 5.74) is 6.36. The molecule has 6 heteroatoms. The molecular weight excluding hydrogens is 246 g/mol. The van der Waals surface area contributed by atoms with Gasteiger partial charge in [0.05, 0.1) is 18.9 Å². The standard InChI is InChI=1S/C13H21N3O3/c1-2-10-8-11(19-15-10)4-3-5-16-6-7-18-9-12(16)13(14)17/h8,12H,2-7,9H2,1H3,(H2,14,17)/t12-/m1/s1. The minimum absolute atomic E-state index is 0.297. The second-order valence-electron chi connectivity index (χ2n) is 4.77. The topological polar surface area (TPSA) is 81.6 Å². The van der Waals surface area contributed by atoms with Crippen molar-refractivity contribution in [3.05, 3.63) is 17.5 Å². The number of hydrogen-bond acceptors (Lipinski definition) is 5. The third kappa shape index (κ3) is 3.78. The fourth-order valence-electron chi connectivity index (χ4n) is 2.26. The predicted octanol–water partition coefficient (Wildman–Crippen LogP) is 0.356. The monoisotopic (exact) mass is 267 g/mol. The number of carbonyl (C=O) groups excluding carboxylic acids is 1. The molecule has 1 aromatic rings. The zero-order chi connectivity index (χ0) is 13.7. The van der Waals surface area contributed by atoms with Gasteiger partial charge in [-0.1, -0.05) is 12.1 Å². The lowest BCUT2D eigenvalue weighted by Gasteiger charge is -2.33. The van der Waals surface area contributed by atoms with E-state index in [4.69, 9.17) is 15.0 Å². The largest absolute Gasteiger partial charge is 0.378 e. The Kier molecular flexibility index (Phi) is 4.93. The Hall–Kier alpha value is -1.40. The molecule has 0 aliphatic carbocycles. The summed E-state index contributed by atoms with van der Waals surface area (Å²) in [4.78, 5) is 13.4. The Bertz CT molecular complexity index is 419. The molecule has 0 saturated carbocycles. The first-order chi connectivity index (χ1) is 9.20. The molecule has 1 aliphatic rings. The van der Waals surface area contributed by atoms with Gasteiger partial charge in [0.2, 0.25) is 5.91 Å². The molecular formula is C13H21N3O3. The number of carbonyl (C=O) groups is 1. The molecule has 1 saturated heterocycles. The number of primary amides is 1. The summed E-state index contributed by atoms with van der Waals surface area (Å²) in [6, 6.07) is 1.69. The molecule has 0 aromatic carbocycles. The average Bonchev–Trinajstić information content (AvgIpc) is 2.87. The van der Waals surface area contributed by atoms with E-state index in [0.29, 0.717) is 13.2 Å². The molecule has 0 unspecified atom stereocenters. The molecule has 19 heavy (non-hydrogen) atoms. The van der Waals surface area contributed by atoms with Crippen molar-refractivity contribution in [3.63, 3.8) is 0 Å². The molecule has 2 heterocycles. The van der Waals surface area contributed by atoms with Crippen molar-refractivity contribution in [1.82, 2.24) is 10.1 Å². The van der Waals surface area contributed by atoms with Crippen LogP contribution in [0.1, 0.15) is 24.8 Å². The summed E-state index contributed by atoms with van der Waals surface area (Å²) in [5, 5.41) is 3.96. The Morgan fingerprint density at radius 2 is 2.47 bits per heavy atom. The van der Waals surface area contributed by atoms with E-state index in [-0.39, 0.29) is 11.9 Å². The highest BCUT2D eigenvalue weighted by Crippen LogP contribution is 2.11. The molecule has 2 N–H and O–H groups in total. The van der Waals surface area contributed by atoms with Crippen LogP contribution >= 0.6 is 0 Å². The summed E-state index contributed by atoms with van der Waals surface area (Å²) in [6.45, 7) is 4.68. The average molecular weight is 267 g/mol. The zero-order valence-electron chi connectivity index (χ0n) is 11.3. The van der Waals surface area contributed by atoms with Crippen LogP contribution in [0.3, 0.4) is 0 Å². The molecule has 1 atom stereocenters. The molecule has 1 amide bonds. The second kappa shape index (κ2) is 6.68. The van der Waals surface area contributed by atoms with Crippen molar-refractivity contribution in [2.45, 2.75) is 32.2 Å². The molecule has 1 fully saturated rings. The minimum atomic E-state index is -0.312. The number of amides is 1. The SMILES string of the molecule is CCc1cc(CCCN2CCOC[C@@H]2C(N)=O)on1. The van der Waals surface area contributed by atoms with Crippen molar-refractivity contribution in [3.8, 4) is 0 Å². The van der Waals surface area contributed by atoms with Gasteiger partial charge in [-0.2, -0.15) is 0 Å². The van der Waals surface area contributed by atoms with Crippen molar-refractivity contribution < 1.29 is 14.1 Å². The van der Waals surface area contributed by atoms with Crippen molar-refractivity contribution in [2.24, 2.45) is 5.73 Å². The summed E-state index contributed by atoms with van der Waals surface area (Å²) in [7, 11) is 0. The molecule has 1 aliphatic heterocycles. The van der Waals surface area contributed by atoms with E-state index in [1.165, 1.54) is 0 Å². The molecule has 0 radical (unpaired) electrons. The number of rotatable bonds is 6. The summed E-state index contributed by atoms with van der Waals surface area (Å²) < 4.78 is 10.5. The summed E-state index contributed by atoms with van der Waals surface area (Å²) in [6.07, 6.45) is 2.63. The second-order valence-corrected chi connectivity index (χ2v) is 4.77. The predicted molar refractivity (Wildman–Crippen MR) is 69.6 cm³/mol. The lowest BCUT2D eigenvalue weighted by atomic mass is 10.1. The number of hydrogen-bond donors (Lipinski definition) is 1. The van der Waals surface area contributed by atoms with Crippen LogP contribution in [0.5, 0.6) is 0 Å². The maximum Gasteiger partial charge on any atom is 0.237 e. The fourth-order valence-corrected chi connectivity index (χ4v) is 2.26. The molecule has 6 nitrogen and oxygen atoms in total. The third-order valence-electron chi connectivity index (χ3n) is 3.41. The molecule has 2 rings (SSSR count). The first-order valence-corrected chi connectivity index (χ1v) is 6.76. The van der Waals surface area contributed by atoms with E-state index in [0.717, 1.165) is 43.8 Å². The van der Waals surface area contributed by atoms with Crippen molar-refractivity contribution in [2.75, 3.05) is 26.3 Å². The van der Waals surface area contributed by atoms with E-state index in [2.05, 4.69) is 10.1 Å². The smallest absolute Gasteiger partial charge is 0.237 e. The van der Waals surface area contributed by atoms with Crippen LogP contribution in [0.4, 0.5) is 0 Å². The highest BCUT2D eigenvalue weighted by molar-refractivity contribution is 5.80. The summed E-state index contributed by atoms with van der Waals surface area (Å²) >= 11 is 0. The van der Waals surface area contributed by atoms with E-state index in [1.807, 2.05) is 13.0 Å². The van der Waals surface area contributed by atoms with Crippen LogP contribution in [0.2, 0.25) is 0 Å². The number of nitrogens with zero attached hydrogens (tertiary/aromatic N) is 2. The van der Waals surface area contributed by atoms with Gasteiger partial charge in [0.15, 0.2) is 0 Å². The Morgan fingerprint density at radius 3 is 3.16 bits per heavy atom. The summed E-state index contributed by atoms with van der Waals surface area (Å²) in [5.74, 6) is 0.591. The molecule has 106 valence electrons. The highest BCUT2D eigenvalue weighted by atomic mass is 16.5. The Labute approximate surface area is 112 Å². The molecule has 1 aromatic heterocycles. The first kappa shape index (κ1) is 14.0. The van der Waals surface area contributed by atoms with Gasteiger partial charge in [0, 0.05) is 19.0 Å². The van der Waals surface area contributed by atoms with Crippen LogP contribution in [-0.2, 0) is 22.4 Å². The maximum atomic E-state index is 11.3. The lowest BCUT2D eigenvalue weighted by Crippen LogP contribution is -2.52. The Balaban J connectivity index is 1.79. The quantitative estimate of drug-likeness (QED) is 0.804. The number of nitrogens with two attached hydrogens (primary N) is 1. The maximum absolute atomic E-state index is 11.3. The van der Waals surface area contributed by atoms with Crippen molar-refractivity contribution in [1.29, 1.82) is 0 Å². The molecule has 0 bridgehead atoms. The van der Waals surface area contributed by atoms with Crippen LogP contribution < -0.4 is 5.73 Å². The lowest BCUT2D eigenvalue weighted by molar-refractivity contribution is -0.129. The number of aryl methyl sites for hydroxylation is 2. The van der Waals surface area contributed by atoms with Gasteiger partial charge in [-0.15, -0.1) is 0 Å². The van der Waals surface area contributed by atoms with Crippen LogP contribution in [0, 0.1) is 0 Å². The zero-order valence-corrected chi connectivity index (χ0v) is 11.3. The van der Waals surface area contributed by atoms with Gasteiger partial charge < -0.3 is 15.0 Å². The number of aromatic nitrogens is 1. The van der Waals surface area contributed by atoms with Crippen molar-refractivity contribution >= 4 is 5.91 Å². The van der Waals surface area contributed by atoms with Gasteiger partial charge in [0.1, 0.15) is 11.8 Å². The minimum Gasteiger partial charge on any atom is -0.378 e. The number of morpholine rings is 1. The first-order valence-electron chi connectivity index (χ1n) is 6.76. The highest BCUT2D eigenvalue weighted by Gasteiger charge is 2.26. The van der Waals surface area contributed by atoms with Crippen LogP contribution in [0.25, 0.3) is 0 Å². The number of ether oxygens (including phenoxy) is 1. The van der Waals surface area contributed by atoms with Crippen LogP contribution in [0.15, 0.2) is 10.6 Å². The third-order valence-corrected chi connectivity index (χ3v) is 3.41. The van der Waals surface area contributed by atoms with Gasteiger partial charge in [-0.05, 0) is 19.4 Å². The molecule has 0 spiro atoms. The van der Waals surface area contributed by atoms with E-state index >= 15 is 0 Å². The van der Waals surface area contributed by atoms with Gasteiger partial charge in [-0.25, -0.2) is 0 Å². The van der Waals surface area contributed by atoms with E-state index in [1.54, 1.807) is 0 Å². The van der Waals surface area contributed by atoms with Gasteiger partial charge >= 0.3 is 0 Å². The fraction of sp³-hybridized carbons (Fsp3) is 0.692. The van der Waals surface area contributed by atoms with Gasteiger partial charge in [0.25, 0.3) is 0 Å². The normalized spacial score (nSPS) is 20.6. The van der Waals surface area contributed by atoms with E-state index in [9.17, 15) is 4.79 Å². The van der Waals surface area contributed by atoms with Crippen LogP contribution in [-0.4, -0.2) is 48.3 Å². The van der Waals surface area contributed by atoms with E-state index < -0.39 is 0 Å².